The summed E-state index contributed by atoms with van der Waals surface area (Å²) in [6.45, 7) is 6.35. The van der Waals surface area contributed by atoms with Gasteiger partial charge in [0.05, 0.1) is 29.5 Å². The quantitative estimate of drug-likeness (QED) is 0.188. The molecule has 0 bridgehead atoms. The van der Waals surface area contributed by atoms with Crippen LogP contribution in [0, 0.1) is 29.0 Å². The molecule has 6 aliphatic rings. The van der Waals surface area contributed by atoms with Crippen LogP contribution in [0.1, 0.15) is 84.1 Å². The van der Waals surface area contributed by atoms with E-state index in [1.54, 1.807) is 12.1 Å². The summed E-state index contributed by atoms with van der Waals surface area (Å²) in [6, 6.07) is 28.4. The van der Waals surface area contributed by atoms with Crippen LogP contribution in [0.5, 0.6) is 0 Å². The fraction of sp³-hybridized carbons (Fsp3) is 0.278. The van der Waals surface area contributed by atoms with Crippen LogP contribution < -0.4 is 11.5 Å². The summed E-state index contributed by atoms with van der Waals surface area (Å²) in [5, 5.41) is 0. The molecule has 9 heteroatoms. The second-order valence-corrected chi connectivity index (χ2v) is 18.6. The van der Waals surface area contributed by atoms with Crippen LogP contribution in [-0.2, 0) is 4.79 Å². The smallest absolute Gasteiger partial charge is 0.340 e. The van der Waals surface area contributed by atoms with E-state index in [0.717, 1.165) is 23.1 Å². The highest BCUT2D eigenvalue weighted by molar-refractivity contribution is 6.02. The molecule has 7 nitrogen and oxygen atoms in total. The SMILES string of the molecule is CC1CC=CC2=C1[C@H]1N(C=C2)[C@H](C(=O)C2(C)C=CC=CC2)C(c2ccc([N+]#CC3(N)C(c4cccc(F)c4)C(C(=O)c4ccc(F)cc4)N4C=Cc5ccccc5C43)cc2)[C@]1(C)N. The second-order valence-electron chi connectivity index (χ2n) is 18.6. The number of rotatable bonds is 6. The lowest BCUT2D eigenvalue weighted by molar-refractivity contribution is -0.130. The molecule has 4 aliphatic heterocycles. The number of nitrogens with zero attached hydrogens (tertiary/aromatic N) is 3. The van der Waals surface area contributed by atoms with Gasteiger partial charge in [-0.3, -0.25) is 9.59 Å². The number of fused-ring (bicyclic) bond motifs is 5. The van der Waals surface area contributed by atoms with E-state index in [-0.39, 0.29) is 29.4 Å². The number of carbonyl (C=O) groups is 2. The summed E-state index contributed by atoms with van der Waals surface area (Å²) in [7, 11) is 0. The maximum atomic E-state index is 15.2. The summed E-state index contributed by atoms with van der Waals surface area (Å²) in [6.07, 6.45) is 22.0. The number of ketones is 2. The van der Waals surface area contributed by atoms with Crippen molar-refractivity contribution in [3.8, 4) is 6.07 Å². The molecule has 0 saturated carbocycles. The van der Waals surface area contributed by atoms with Gasteiger partial charge in [0.25, 0.3) is 0 Å². The van der Waals surface area contributed by atoms with Crippen molar-refractivity contribution in [3.05, 3.63) is 207 Å². The van der Waals surface area contributed by atoms with Crippen molar-refractivity contribution in [1.82, 2.24) is 9.80 Å². The molecule has 4 N–H and O–H groups in total. The Bertz CT molecular complexity index is 2790. The summed E-state index contributed by atoms with van der Waals surface area (Å²) >= 11 is 0. The topological polar surface area (TPSA) is 97.0 Å². The van der Waals surface area contributed by atoms with Crippen molar-refractivity contribution in [2.45, 2.75) is 80.7 Å². The van der Waals surface area contributed by atoms with E-state index < -0.39 is 52.2 Å². The first kappa shape index (κ1) is 40.6. The monoisotopic (exact) mass is 838 g/mol. The molecule has 10 atom stereocenters. The third-order valence-electron chi connectivity index (χ3n) is 14.5. The van der Waals surface area contributed by atoms with Crippen LogP contribution >= 0.6 is 0 Å². The van der Waals surface area contributed by atoms with Gasteiger partial charge in [-0.1, -0.05) is 91.9 Å². The molecule has 4 heterocycles. The van der Waals surface area contributed by atoms with E-state index in [9.17, 15) is 9.18 Å². The second kappa shape index (κ2) is 15.1. The number of nitrogens with two attached hydrogens (primary N) is 2. The zero-order valence-electron chi connectivity index (χ0n) is 35.5. The van der Waals surface area contributed by atoms with Crippen molar-refractivity contribution in [2.75, 3.05) is 0 Å². The van der Waals surface area contributed by atoms with Gasteiger partial charge < -0.3 is 21.3 Å². The van der Waals surface area contributed by atoms with Crippen LogP contribution in [-0.4, -0.2) is 50.6 Å². The van der Waals surface area contributed by atoms with Crippen LogP contribution in [0.3, 0.4) is 0 Å². The molecule has 0 radical (unpaired) electrons. The lowest BCUT2D eigenvalue weighted by atomic mass is 9.68. The fourth-order valence-corrected chi connectivity index (χ4v) is 11.5. The van der Waals surface area contributed by atoms with E-state index in [2.05, 4.69) is 55.3 Å². The van der Waals surface area contributed by atoms with Gasteiger partial charge in [0.15, 0.2) is 17.1 Å². The predicted molar refractivity (Wildman–Crippen MR) is 244 cm³/mol. The van der Waals surface area contributed by atoms with E-state index in [1.165, 1.54) is 47.5 Å². The summed E-state index contributed by atoms with van der Waals surface area (Å²) in [5.41, 5.74) is 18.8. The molecule has 2 fully saturated rings. The van der Waals surface area contributed by atoms with Crippen molar-refractivity contribution in [2.24, 2.45) is 22.8 Å². The number of allylic oxidation sites excluding steroid dienone is 8. The maximum absolute atomic E-state index is 15.2. The van der Waals surface area contributed by atoms with Gasteiger partial charge in [0.1, 0.15) is 17.7 Å². The maximum Gasteiger partial charge on any atom is 0.340 e. The minimum absolute atomic E-state index is 0.126. The fourth-order valence-electron chi connectivity index (χ4n) is 11.5. The van der Waals surface area contributed by atoms with Gasteiger partial charge in [-0.05, 0) is 119 Å². The summed E-state index contributed by atoms with van der Waals surface area (Å²) in [4.78, 5) is 38.8. The molecule has 2 aliphatic carbocycles. The van der Waals surface area contributed by atoms with Crippen molar-refractivity contribution >= 4 is 23.3 Å². The number of carbonyl (C=O) groups excluding carboxylic acids is 2. The lowest BCUT2D eigenvalue weighted by Crippen LogP contribution is -2.53. The lowest BCUT2D eigenvalue weighted by Gasteiger charge is -2.42. The van der Waals surface area contributed by atoms with Gasteiger partial charge in [0.2, 0.25) is 0 Å². The third kappa shape index (κ3) is 6.49. The number of hydrogen-bond donors (Lipinski definition) is 2. The molecule has 4 aromatic rings. The molecule has 0 aromatic heterocycles. The minimum atomic E-state index is -1.48. The normalized spacial score (nSPS) is 32.1. The van der Waals surface area contributed by atoms with Gasteiger partial charge in [-0.2, -0.15) is 0 Å². The Balaban J connectivity index is 1.07. The predicted octanol–water partition coefficient (Wildman–Crippen LogP) is 10.1. The third-order valence-corrected chi connectivity index (χ3v) is 14.5. The minimum Gasteiger partial charge on any atom is -0.358 e. The summed E-state index contributed by atoms with van der Waals surface area (Å²) < 4.78 is 29.3. The zero-order chi connectivity index (χ0) is 43.8. The first-order valence-electron chi connectivity index (χ1n) is 21.8. The molecule has 4 aromatic carbocycles. The molecule has 10 rings (SSSR count). The van der Waals surface area contributed by atoms with E-state index in [1.807, 2.05) is 90.9 Å². The highest BCUT2D eigenvalue weighted by Gasteiger charge is 2.64. The Morgan fingerprint density at radius 1 is 0.762 bits per heavy atom. The molecule has 316 valence electrons. The van der Waals surface area contributed by atoms with Gasteiger partial charge in [-0.15, -0.1) is 0 Å². The van der Waals surface area contributed by atoms with E-state index in [4.69, 9.17) is 16.3 Å². The first-order valence-corrected chi connectivity index (χ1v) is 21.8. The highest BCUT2D eigenvalue weighted by atomic mass is 19.1. The van der Waals surface area contributed by atoms with Crippen LogP contribution in [0.2, 0.25) is 0 Å². The molecular weight excluding hydrogens is 789 g/mol. The van der Waals surface area contributed by atoms with Gasteiger partial charge in [-0.25, -0.2) is 8.78 Å². The summed E-state index contributed by atoms with van der Waals surface area (Å²) in [5.74, 6) is -2.02. The van der Waals surface area contributed by atoms with Crippen LogP contribution in [0.25, 0.3) is 10.9 Å². The highest BCUT2D eigenvalue weighted by Crippen LogP contribution is 2.56. The molecular formula is C54H50F2N5O2+. The Kier molecular flexibility index (Phi) is 9.74. The Labute approximate surface area is 367 Å². The van der Waals surface area contributed by atoms with Crippen molar-refractivity contribution in [3.63, 3.8) is 0 Å². The number of Topliss-reactive ketones (excluding diaryl/α,β-unsaturated/α-hetero) is 2. The average Bonchev–Trinajstić information content (AvgIpc) is 3.70. The van der Waals surface area contributed by atoms with Crippen molar-refractivity contribution < 1.29 is 18.4 Å². The van der Waals surface area contributed by atoms with Crippen LogP contribution in [0.4, 0.5) is 14.5 Å². The molecule has 0 amide bonds. The molecule has 2 saturated heterocycles. The Morgan fingerprint density at radius 2 is 1.51 bits per heavy atom. The molecule has 7 unspecified atom stereocenters. The van der Waals surface area contributed by atoms with E-state index >= 15 is 9.18 Å². The molecule has 0 spiro atoms. The zero-order valence-corrected chi connectivity index (χ0v) is 35.5. The number of hydrogen-bond acceptors (Lipinski definition) is 6. The Hall–Kier alpha value is -6.47. The first-order chi connectivity index (χ1) is 30.3. The van der Waals surface area contributed by atoms with Crippen molar-refractivity contribution in [1.29, 1.82) is 0 Å². The van der Waals surface area contributed by atoms with Gasteiger partial charge >= 0.3 is 11.8 Å². The van der Waals surface area contributed by atoms with Gasteiger partial charge in [0, 0.05) is 41.6 Å². The van der Waals surface area contributed by atoms with Crippen LogP contribution in [0.15, 0.2) is 163 Å². The largest absolute Gasteiger partial charge is 0.358 e. The van der Waals surface area contributed by atoms with E-state index in [0.29, 0.717) is 23.2 Å². The number of halogens is 2. The Morgan fingerprint density at radius 3 is 2.25 bits per heavy atom. The standard InChI is InChI=1S/C54H50F2N5O2/c1-33-11-9-13-35-26-30-61-47(51(63)52(2)27-7-4-8-28-52)44(53(3,57)50(61)43(33)35)36-19-23-41(24-20-36)59-32-54(58)45(38-14-10-15-40(56)31-38)46(48(62)37-17-21-39(55)22-18-37)60-29-25-34-12-5-6-16-42(34)49(54)60/h4-10,12-27,29-31,33,44-47,49-50H,11,28,57-58H2,1-3H3/q+1/t33?,44?,45?,46?,47-,49?,50+,52?,53-,54?/m0/s1. The number of benzene rings is 4. The molecule has 63 heavy (non-hydrogen) atoms. The average molecular weight is 839 g/mol.